The zero-order valence-corrected chi connectivity index (χ0v) is 11.9. The van der Waals surface area contributed by atoms with Crippen LogP contribution in [0, 0.1) is 11.3 Å². The maximum atomic E-state index is 11.1. The van der Waals surface area contributed by atoms with Crippen molar-refractivity contribution in [3.8, 4) is 11.8 Å². The van der Waals surface area contributed by atoms with Gasteiger partial charge in [0.15, 0.2) is 0 Å². The van der Waals surface area contributed by atoms with Gasteiger partial charge >= 0.3 is 5.97 Å². The molecule has 0 radical (unpaired) electrons. The molecule has 0 spiro atoms. The van der Waals surface area contributed by atoms with E-state index in [1.54, 1.807) is 26.2 Å². The van der Waals surface area contributed by atoms with Crippen LogP contribution < -0.4 is 10.1 Å². The summed E-state index contributed by atoms with van der Waals surface area (Å²) in [5, 5.41) is 12.2. The monoisotopic (exact) mass is 276 g/mol. The molecule has 0 saturated heterocycles. The van der Waals surface area contributed by atoms with Crippen molar-refractivity contribution in [3.63, 3.8) is 0 Å². The number of methoxy groups -OCH3 is 1. The fourth-order valence-corrected chi connectivity index (χ4v) is 1.78. The Morgan fingerprint density at radius 3 is 2.90 bits per heavy atom. The molecule has 0 aromatic heterocycles. The molecular formula is C15H20N2O3. The summed E-state index contributed by atoms with van der Waals surface area (Å²) in [7, 11) is 1.55. The van der Waals surface area contributed by atoms with E-state index in [1.807, 2.05) is 6.07 Å². The molecule has 1 rings (SSSR count). The number of ether oxygens (including phenoxy) is 2. The smallest absolute Gasteiger partial charge is 0.305 e. The normalized spacial score (nSPS) is 9.85. The highest BCUT2D eigenvalue weighted by Crippen LogP contribution is 2.18. The lowest BCUT2D eigenvalue weighted by molar-refractivity contribution is -0.143. The van der Waals surface area contributed by atoms with E-state index >= 15 is 0 Å². The number of hydrogen-bond donors (Lipinski definition) is 1. The third-order valence-electron chi connectivity index (χ3n) is 2.75. The number of carbonyl (C=O) groups excluding carboxylic acids is 1. The van der Waals surface area contributed by atoms with E-state index in [9.17, 15) is 4.79 Å². The van der Waals surface area contributed by atoms with Gasteiger partial charge in [-0.15, -0.1) is 0 Å². The highest BCUT2D eigenvalue weighted by Gasteiger charge is 2.04. The van der Waals surface area contributed by atoms with E-state index in [4.69, 9.17) is 14.7 Å². The maximum Gasteiger partial charge on any atom is 0.305 e. The number of benzene rings is 1. The lowest BCUT2D eigenvalue weighted by Crippen LogP contribution is -2.16. The Morgan fingerprint density at radius 1 is 1.45 bits per heavy atom. The Labute approximate surface area is 119 Å². The van der Waals surface area contributed by atoms with E-state index in [2.05, 4.69) is 11.4 Å². The highest BCUT2D eigenvalue weighted by molar-refractivity contribution is 5.69. The second-order valence-corrected chi connectivity index (χ2v) is 4.23. The van der Waals surface area contributed by atoms with Gasteiger partial charge in [-0.05, 0) is 37.6 Å². The van der Waals surface area contributed by atoms with Crippen LogP contribution in [0.2, 0.25) is 0 Å². The molecule has 0 saturated carbocycles. The molecule has 0 fully saturated rings. The van der Waals surface area contributed by atoms with Crippen LogP contribution in [0.3, 0.4) is 0 Å². The molecule has 0 aliphatic rings. The minimum atomic E-state index is -0.162. The topological polar surface area (TPSA) is 71.3 Å². The zero-order valence-electron chi connectivity index (χ0n) is 11.9. The van der Waals surface area contributed by atoms with Crippen molar-refractivity contribution in [1.29, 1.82) is 5.26 Å². The van der Waals surface area contributed by atoms with Crippen LogP contribution in [0.25, 0.3) is 0 Å². The molecule has 0 amide bonds. The molecule has 0 unspecified atom stereocenters. The van der Waals surface area contributed by atoms with Crippen LogP contribution in [0.4, 0.5) is 0 Å². The Bertz CT molecular complexity index is 480. The Hall–Kier alpha value is -2.06. The molecule has 5 nitrogen and oxygen atoms in total. The molecule has 0 bridgehead atoms. The number of nitriles is 1. The molecule has 20 heavy (non-hydrogen) atoms. The standard InChI is InChI=1S/C15H20N2O3/c1-3-20-15(18)5-4-8-17-11-12-6-7-14(19-2)13(9-12)10-16/h6-7,9,17H,3-5,8,11H2,1-2H3. The summed E-state index contributed by atoms with van der Waals surface area (Å²) in [5.74, 6) is 0.420. The lowest BCUT2D eigenvalue weighted by atomic mass is 10.1. The lowest BCUT2D eigenvalue weighted by Gasteiger charge is -2.07. The second-order valence-electron chi connectivity index (χ2n) is 4.23. The third kappa shape index (κ3) is 5.29. The highest BCUT2D eigenvalue weighted by atomic mass is 16.5. The molecule has 0 heterocycles. The first-order chi connectivity index (χ1) is 9.71. The molecule has 0 aliphatic carbocycles. The third-order valence-corrected chi connectivity index (χ3v) is 2.75. The fraction of sp³-hybridized carbons (Fsp3) is 0.467. The first-order valence-corrected chi connectivity index (χ1v) is 6.64. The minimum Gasteiger partial charge on any atom is -0.495 e. The van der Waals surface area contributed by atoms with Gasteiger partial charge in [0.25, 0.3) is 0 Å². The summed E-state index contributed by atoms with van der Waals surface area (Å²) in [6.45, 7) is 3.61. The first-order valence-electron chi connectivity index (χ1n) is 6.64. The van der Waals surface area contributed by atoms with Gasteiger partial charge in [-0.2, -0.15) is 5.26 Å². The van der Waals surface area contributed by atoms with E-state index in [-0.39, 0.29) is 5.97 Å². The summed E-state index contributed by atoms with van der Waals surface area (Å²) < 4.78 is 9.94. The molecule has 0 atom stereocenters. The van der Waals surface area contributed by atoms with Crippen molar-refractivity contribution in [1.82, 2.24) is 5.32 Å². The average molecular weight is 276 g/mol. The van der Waals surface area contributed by atoms with Crippen LogP contribution >= 0.6 is 0 Å². The van der Waals surface area contributed by atoms with E-state index in [1.165, 1.54) is 0 Å². The molecule has 1 N–H and O–H groups in total. The largest absolute Gasteiger partial charge is 0.495 e. The average Bonchev–Trinajstić information content (AvgIpc) is 2.47. The summed E-state index contributed by atoms with van der Waals surface area (Å²) >= 11 is 0. The predicted molar refractivity (Wildman–Crippen MR) is 75.3 cm³/mol. The van der Waals surface area contributed by atoms with Gasteiger partial charge in [-0.1, -0.05) is 6.07 Å². The van der Waals surface area contributed by atoms with Crippen LogP contribution in [-0.4, -0.2) is 26.2 Å². The molecular weight excluding hydrogens is 256 g/mol. The molecule has 1 aromatic rings. The van der Waals surface area contributed by atoms with Gasteiger partial charge in [0, 0.05) is 13.0 Å². The fourth-order valence-electron chi connectivity index (χ4n) is 1.78. The Kier molecular flexibility index (Phi) is 7.15. The summed E-state index contributed by atoms with van der Waals surface area (Å²) in [4.78, 5) is 11.1. The molecule has 0 aliphatic heterocycles. The SMILES string of the molecule is CCOC(=O)CCCNCc1ccc(OC)c(C#N)c1. The number of nitrogens with zero attached hydrogens (tertiary/aromatic N) is 1. The number of esters is 1. The Balaban J connectivity index is 2.32. The summed E-state index contributed by atoms with van der Waals surface area (Å²) in [6.07, 6.45) is 1.16. The van der Waals surface area contributed by atoms with Crippen LogP contribution in [0.15, 0.2) is 18.2 Å². The van der Waals surface area contributed by atoms with Crippen molar-refractivity contribution in [2.75, 3.05) is 20.3 Å². The zero-order chi connectivity index (χ0) is 14.8. The quantitative estimate of drug-likeness (QED) is 0.581. The van der Waals surface area contributed by atoms with Gasteiger partial charge in [0.1, 0.15) is 11.8 Å². The first kappa shape index (κ1) is 16.0. The number of nitrogens with one attached hydrogen (secondary N) is 1. The maximum absolute atomic E-state index is 11.1. The Morgan fingerprint density at radius 2 is 2.25 bits per heavy atom. The van der Waals surface area contributed by atoms with E-state index < -0.39 is 0 Å². The van der Waals surface area contributed by atoms with Crippen molar-refractivity contribution in [2.24, 2.45) is 0 Å². The van der Waals surface area contributed by atoms with E-state index in [0.717, 1.165) is 18.5 Å². The summed E-state index contributed by atoms with van der Waals surface area (Å²) in [6, 6.07) is 7.61. The molecule has 1 aromatic carbocycles. The number of hydrogen-bond acceptors (Lipinski definition) is 5. The van der Waals surface area contributed by atoms with Gasteiger partial charge in [0.05, 0.1) is 19.3 Å². The summed E-state index contributed by atoms with van der Waals surface area (Å²) in [5.41, 5.74) is 1.54. The molecule has 108 valence electrons. The van der Waals surface area contributed by atoms with Crippen LogP contribution in [0.5, 0.6) is 5.75 Å². The van der Waals surface area contributed by atoms with Crippen LogP contribution in [0.1, 0.15) is 30.9 Å². The van der Waals surface area contributed by atoms with Crippen molar-refractivity contribution in [3.05, 3.63) is 29.3 Å². The van der Waals surface area contributed by atoms with E-state index in [0.29, 0.717) is 30.9 Å². The number of carbonyl (C=O) groups is 1. The van der Waals surface area contributed by atoms with Gasteiger partial charge in [-0.3, -0.25) is 4.79 Å². The number of rotatable bonds is 8. The molecule has 5 heteroatoms. The van der Waals surface area contributed by atoms with Gasteiger partial charge in [-0.25, -0.2) is 0 Å². The van der Waals surface area contributed by atoms with Gasteiger partial charge < -0.3 is 14.8 Å². The predicted octanol–water partition coefficient (Wildman–Crippen LogP) is 2.00. The van der Waals surface area contributed by atoms with Crippen molar-refractivity contribution in [2.45, 2.75) is 26.3 Å². The minimum absolute atomic E-state index is 0.162. The van der Waals surface area contributed by atoms with Gasteiger partial charge in [0.2, 0.25) is 0 Å². The van der Waals surface area contributed by atoms with Crippen LogP contribution in [-0.2, 0) is 16.1 Å². The second kappa shape index (κ2) is 8.94. The van der Waals surface area contributed by atoms with Crippen molar-refractivity contribution < 1.29 is 14.3 Å². The van der Waals surface area contributed by atoms with Crippen molar-refractivity contribution >= 4 is 5.97 Å².